The molecule has 0 radical (unpaired) electrons. The SMILES string of the molecule is CC(CNS(=O)(=O)Cc1ccccc1C#N)CC(=O)O. The van der Waals surface area contributed by atoms with Gasteiger partial charge in [-0.05, 0) is 17.5 Å². The minimum atomic E-state index is -3.59. The molecule has 0 saturated heterocycles. The summed E-state index contributed by atoms with van der Waals surface area (Å²) >= 11 is 0. The molecule has 0 aliphatic rings. The Hall–Kier alpha value is -1.91. The molecule has 0 fully saturated rings. The molecule has 0 spiro atoms. The summed E-state index contributed by atoms with van der Waals surface area (Å²) in [6.07, 6.45) is -0.0999. The quantitative estimate of drug-likeness (QED) is 0.783. The maximum Gasteiger partial charge on any atom is 0.303 e. The molecule has 0 amide bonds. The van der Waals surface area contributed by atoms with Crippen molar-refractivity contribution in [3.8, 4) is 6.07 Å². The summed E-state index contributed by atoms with van der Waals surface area (Å²) in [7, 11) is -3.59. The zero-order valence-electron chi connectivity index (χ0n) is 11.0. The van der Waals surface area contributed by atoms with Crippen LogP contribution in [0.4, 0.5) is 0 Å². The van der Waals surface area contributed by atoms with Gasteiger partial charge < -0.3 is 5.11 Å². The van der Waals surface area contributed by atoms with Crippen LogP contribution in [0.2, 0.25) is 0 Å². The average molecular weight is 296 g/mol. The van der Waals surface area contributed by atoms with Gasteiger partial charge in [-0.1, -0.05) is 25.1 Å². The third kappa shape index (κ3) is 5.38. The van der Waals surface area contributed by atoms with Crippen molar-refractivity contribution in [1.29, 1.82) is 5.26 Å². The first-order chi connectivity index (χ1) is 9.34. The molecule has 0 saturated carbocycles. The Morgan fingerprint density at radius 3 is 2.70 bits per heavy atom. The van der Waals surface area contributed by atoms with Crippen LogP contribution in [0.3, 0.4) is 0 Å². The van der Waals surface area contributed by atoms with E-state index in [4.69, 9.17) is 10.4 Å². The molecule has 2 N–H and O–H groups in total. The first-order valence-electron chi connectivity index (χ1n) is 6.01. The molecule has 20 heavy (non-hydrogen) atoms. The van der Waals surface area contributed by atoms with Gasteiger partial charge in [0.05, 0.1) is 17.4 Å². The highest BCUT2D eigenvalue weighted by molar-refractivity contribution is 7.88. The fourth-order valence-corrected chi connectivity index (χ4v) is 2.95. The number of sulfonamides is 1. The molecule has 0 aromatic heterocycles. The number of hydrogen-bond donors (Lipinski definition) is 2. The second-order valence-corrected chi connectivity index (χ2v) is 6.39. The standard InChI is InChI=1S/C13H16N2O4S/c1-10(6-13(16)17)8-15-20(18,19)9-12-5-3-2-4-11(12)7-14/h2-5,10,15H,6,8-9H2,1H3,(H,16,17). The van der Waals surface area contributed by atoms with Crippen molar-refractivity contribution in [2.75, 3.05) is 6.54 Å². The average Bonchev–Trinajstić information content (AvgIpc) is 2.36. The summed E-state index contributed by atoms with van der Waals surface area (Å²) in [4.78, 5) is 10.5. The molecular formula is C13H16N2O4S. The molecule has 1 atom stereocenters. The van der Waals surface area contributed by atoms with Gasteiger partial charge in [0.1, 0.15) is 0 Å². The van der Waals surface area contributed by atoms with Gasteiger partial charge >= 0.3 is 5.97 Å². The van der Waals surface area contributed by atoms with Gasteiger partial charge in [0.2, 0.25) is 10.0 Å². The van der Waals surface area contributed by atoms with Crippen LogP contribution in [-0.4, -0.2) is 26.0 Å². The van der Waals surface area contributed by atoms with Crippen LogP contribution in [0.5, 0.6) is 0 Å². The summed E-state index contributed by atoms with van der Waals surface area (Å²) in [5, 5.41) is 17.5. The van der Waals surface area contributed by atoms with Crippen LogP contribution in [-0.2, 0) is 20.6 Å². The Morgan fingerprint density at radius 2 is 2.10 bits per heavy atom. The molecule has 108 valence electrons. The molecule has 1 aromatic rings. The monoisotopic (exact) mass is 296 g/mol. The van der Waals surface area contributed by atoms with Crippen LogP contribution in [0.25, 0.3) is 0 Å². The summed E-state index contributed by atoms with van der Waals surface area (Å²) in [5.41, 5.74) is 0.741. The van der Waals surface area contributed by atoms with Crippen LogP contribution in [0, 0.1) is 17.2 Å². The molecule has 6 nitrogen and oxygen atoms in total. The van der Waals surface area contributed by atoms with Crippen molar-refractivity contribution >= 4 is 16.0 Å². The normalized spacial score (nSPS) is 12.6. The number of carbonyl (C=O) groups is 1. The third-order valence-corrected chi connectivity index (χ3v) is 3.96. The van der Waals surface area contributed by atoms with E-state index in [-0.39, 0.29) is 24.6 Å². The molecule has 7 heteroatoms. The maximum atomic E-state index is 11.9. The maximum absolute atomic E-state index is 11.9. The Morgan fingerprint density at radius 1 is 1.45 bits per heavy atom. The van der Waals surface area contributed by atoms with E-state index in [9.17, 15) is 13.2 Å². The Labute approximate surface area is 118 Å². The third-order valence-electron chi connectivity index (χ3n) is 2.66. The number of aliphatic carboxylic acids is 1. The highest BCUT2D eigenvalue weighted by Gasteiger charge is 2.16. The minimum Gasteiger partial charge on any atom is -0.481 e. The number of hydrogen-bond acceptors (Lipinski definition) is 4. The van der Waals surface area contributed by atoms with Crippen molar-refractivity contribution in [1.82, 2.24) is 4.72 Å². The van der Waals surface area contributed by atoms with Crippen LogP contribution >= 0.6 is 0 Å². The van der Waals surface area contributed by atoms with Crippen molar-refractivity contribution < 1.29 is 18.3 Å². The minimum absolute atomic E-state index is 0.0589. The van der Waals surface area contributed by atoms with E-state index in [1.807, 2.05) is 6.07 Å². The lowest BCUT2D eigenvalue weighted by Gasteiger charge is -2.11. The lowest BCUT2D eigenvalue weighted by molar-refractivity contribution is -0.137. The summed E-state index contributed by atoms with van der Waals surface area (Å²) in [6.45, 7) is 1.71. The van der Waals surface area contributed by atoms with Crippen molar-refractivity contribution in [2.24, 2.45) is 5.92 Å². The zero-order chi connectivity index (χ0) is 15.2. The largest absolute Gasteiger partial charge is 0.481 e. The van der Waals surface area contributed by atoms with Crippen molar-refractivity contribution in [3.63, 3.8) is 0 Å². The van der Waals surface area contributed by atoms with Crippen LogP contribution in [0.1, 0.15) is 24.5 Å². The molecule has 1 unspecified atom stereocenters. The molecule has 0 heterocycles. The summed E-state index contributed by atoms with van der Waals surface area (Å²) in [6, 6.07) is 8.40. The predicted molar refractivity (Wildman–Crippen MR) is 73.2 cm³/mol. The predicted octanol–water partition coefficient (Wildman–Crippen LogP) is 1.09. The Kier molecular flexibility index (Phi) is 5.67. The van der Waals surface area contributed by atoms with E-state index >= 15 is 0 Å². The first kappa shape index (κ1) is 16.1. The highest BCUT2D eigenvalue weighted by atomic mass is 32.2. The van der Waals surface area contributed by atoms with Crippen LogP contribution in [0.15, 0.2) is 24.3 Å². The highest BCUT2D eigenvalue weighted by Crippen LogP contribution is 2.11. The van der Waals surface area contributed by atoms with Crippen molar-refractivity contribution in [3.05, 3.63) is 35.4 Å². The van der Waals surface area contributed by atoms with E-state index in [2.05, 4.69) is 4.72 Å². The number of nitrogens with one attached hydrogen (secondary N) is 1. The summed E-state index contributed by atoms with van der Waals surface area (Å²) < 4.78 is 26.1. The molecular weight excluding hydrogens is 280 g/mol. The van der Waals surface area contributed by atoms with Gasteiger partial charge in [-0.25, -0.2) is 13.1 Å². The fourth-order valence-electron chi connectivity index (χ4n) is 1.65. The molecule has 0 bridgehead atoms. The fraction of sp³-hybridized carbons (Fsp3) is 0.385. The molecule has 1 aromatic carbocycles. The summed E-state index contributed by atoms with van der Waals surface area (Å²) in [5.74, 6) is -1.56. The Balaban J connectivity index is 2.67. The van der Waals surface area contributed by atoms with E-state index in [1.165, 1.54) is 0 Å². The number of carboxylic acids is 1. The zero-order valence-corrected chi connectivity index (χ0v) is 11.9. The lowest BCUT2D eigenvalue weighted by atomic mass is 10.1. The number of benzene rings is 1. The topological polar surface area (TPSA) is 107 Å². The Bertz CT molecular complexity index is 620. The van der Waals surface area contributed by atoms with E-state index < -0.39 is 16.0 Å². The van der Waals surface area contributed by atoms with Gasteiger partial charge in [0.15, 0.2) is 0 Å². The number of nitriles is 1. The molecule has 0 aliphatic heterocycles. The second-order valence-electron chi connectivity index (χ2n) is 4.58. The molecule has 1 rings (SSSR count). The van der Waals surface area contributed by atoms with Gasteiger partial charge in [-0.2, -0.15) is 5.26 Å². The van der Waals surface area contributed by atoms with Gasteiger partial charge in [-0.15, -0.1) is 0 Å². The second kappa shape index (κ2) is 7.03. The first-order valence-corrected chi connectivity index (χ1v) is 7.66. The lowest BCUT2D eigenvalue weighted by Crippen LogP contribution is -2.30. The van der Waals surface area contributed by atoms with E-state index in [1.54, 1.807) is 31.2 Å². The number of nitrogens with zero attached hydrogens (tertiary/aromatic N) is 1. The van der Waals surface area contributed by atoms with E-state index in [0.717, 1.165) is 0 Å². The molecule has 0 aliphatic carbocycles. The van der Waals surface area contributed by atoms with Crippen LogP contribution < -0.4 is 4.72 Å². The van der Waals surface area contributed by atoms with E-state index in [0.29, 0.717) is 11.1 Å². The van der Waals surface area contributed by atoms with Gasteiger partial charge in [0.25, 0.3) is 0 Å². The number of rotatable bonds is 7. The van der Waals surface area contributed by atoms with Gasteiger partial charge in [0, 0.05) is 13.0 Å². The smallest absolute Gasteiger partial charge is 0.303 e. The van der Waals surface area contributed by atoms with Crippen molar-refractivity contribution in [2.45, 2.75) is 19.1 Å². The number of carboxylic acid groups (broad SMARTS) is 1. The van der Waals surface area contributed by atoms with Gasteiger partial charge in [-0.3, -0.25) is 4.79 Å².